The molecule has 7 aromatic rings. The van der Waals surface area contributed by atoms with Gasteiger partial charge in [-0.2, -0.15) is 0 Å². The minimum Gasteiger partial charge on any atom is -0.296 e. The number of nitrogens with zero attached hydrogens (tertiary/aromatic N) is 1. The van der Waals surface area contributed by atoms with Crippen LogP contribution in [0.5, 0.6) is 0 Å². The summed E-state index contributed by atoms with van der Waals surface area (Å²) in [5.74, 6) is 0. The van der Waals surface area contributed by atoms with Crippen molar-refractivity contribution in [3.05, 3.63) is 174 Å². The van der Waals surface area contributed by atoms with Crippen LogP contribution >= 0.6 is 0 Å². The summed E-state index contributed by atoms with van der Waals surface area (Å²) in [5.41, 5.74) is 16.0. The molecule has 50 heavy (non-hydrogen) atoms. The van der Waals surface area contributed by atoms with Gasteiger partial charge in [0, 0.05) is 25.5 Å². The second-order valence-electron chi connectivity index (χ2n) is 14.1. The van der Waals surface area contributed by atoms with Crippen LogP contribution in [0.15, 0.2) is 146 Å². The number of benzene rings is 6. The smallest absolute Gasteiger partial charge is 0.0602 e. The van der Waals surface area contributed by atoms with Crippen LogP contribution < -0.4 is 0 Å². The zero-order chi connectivity index (χ0) is 33.2. The number of aromatic nitrogens is 1. The first kappa shape index (κ1) is 33.9. The minimum absolute atomic E-state index is 0. The van der Waals surface area contributed by atoms with E-state index in [1.807, 2.05) is 0 Å². The fourth-order valence-corrected chi connectivity index (χ4v) is 7.75. The van der Waals surface area contributed by atoms with E-state index in [0.29, 0.717) is 0 Å². The van der Waals surface area contributed by atoms with E-state index in [2.05, 4.69) is 166 Å². The predicted molar refractivity (Wildman–Crippen MR) is 207 cm³/mol. The van der Waals surface area contributed by atoms with Crippen LogP contribution in [0.4, 0.5) is 0 Å². The Hall–Kier alpha value is -4.62. The molecule has 0 spiro atoms. The summed E-state index contributed by atoms with van der Waals surface area (Å²) in [5, 5.41) is 1.17. The average molecular weight is 825 g/mol. The molecular weight excluding hydrogens is 783 g/mol. The van der Waals surface area contributed by atoms with Gasteiger partial charge in [-0.15, -0.1) is 29.3 Å². The predicted octanol–water partition coefficient (Wildman–Crippen LogP) is 12.7. The fourth-order valence-electron chi connectivity index (χ4n) is 7.75. The number of rotatable bonds is 10. The number of aryl methyl sites for hydroxylation is 2. The molecular formula is C48H42IrN-. The van der Waals surface area contributed by atoms with E-state index in [4.69, 9.17) is 4.98 Å². The summed E-state index contributed by atoms with van der Waals surface area (Å²) in [6, 6.07) is 56.7. The van der Waals surface area contributed by atoms with Gasteiger partial charge >= 0.3 is 0 Å². The van der Waals surface area contributed by atoms with Crippen molar-refractivity contribution >= 4 is 10.9 Å². The molecule has 0 N–H and O–H groups in total. The number of pyridine rings is 1. The van der Waals surface area contributed by atoms with Gasteiger partial charge in [0.25, 0.3) is 0 Å². The molecule has 1 heterocycles. The Morgan fingerprint density at radius 2 is 1.18 bits per heavy atom. The molecule has 0 bridgehead atoms. The maximum atomic E-state index is 5.26. The molecule has 8 rings (SSSR count). The maximum absolute atomic E-state index is 5.26. The Morgan fingerprint density at radius 3 is 1.98 bits per heavy atom. The SMILES string of the molecule is CC1(C)c2ccccc2-c2c[c-]c(-c3cc(-c4ccccc4)c4cc(-c5cccc(CCCCCCc6ccccc6)c5)ccc4n3)cc21.[Ir]. The molecule has 1 aliphatic carbocycles. The molecule has 0 saturated heterocycles. The van der Waals surface area contributed by atoms with Crippen molar-refractivity contribution in [3.8, 4) is 44.6 Å². The third kappa shape index (κ3) is 6.76. The van der Waals surface area contributed by atoms with Gasteiger partial charge in [0.15, 0.2) is 0 Å². The number of hydrogen-bond donors (Lipinski definition) is 0. The van der Waals surface area contributed by atoms with E-state index in [1.54, 1.807) is 0 Å². The van der Waals surface area contributed by atoms with Gasteiger partial charge in [-0.3, -0.25) is 4.98 Å². The third-order valence-electron chi connectivity index (χ3n) is 10.5. The molecule has 0 fully saturated rings. The second kappa shape index (κ2) is 14.7. The Labute approximate surface area is 310 Å². The summed E-state index contributed by atoms with van der Waals surface area (Å²) >= 11 is 0. The Morgan fingerprint density at radius 1 is 0.520 bits per heavy atom. The van der Waals surface area contributed by atoms with Gasteiger partial charge in [0.2, 0.25) is 0 Å². The standard InChI is InChI=1S/C48H42N.Ir/c1-48(2)44-25-14-13-24-40(44)41-28-26-39(32-45(41)48)47-33-42(36-21-11-6-12-22-36)43-31-38(27-29-46(43)49-47)37-23-15-20-35(30-37)19-8-4-3-7-16-34-17-9-5-10-18-34;/h5-6,9-15,17-18,20-25,27-33H,3-4,7-8,16,19H2,1-2H3;/q-1;. The second-order valence-corrected chi connectivity index (χ2v) is 14.1. The van der Waals surface area contributed by atoms with E-state index >= 15 is 0 Å². The maximum Gasteiger partial charge on any atom is 0.0602 e. The number of hydrogen-bond acceptors (Lipinski definition) is 1. The van der Waals surface area contributed by atoms with Crippen molar-refractivity contribution in [1.82, 2.24) is 4.98 Å². The summed E-state index contributed by atoms with van der Waals surface area (Å²) < 4.78 is 0. The average Bonchev–Trinajstić information content (AvgIpc) is 3.38. The van der Waals surface area contributed by atoms with Crippen molar-refractivity contribution in [2.24, 2.45) is 0 Å². The normalized spacial score (nSPS) is 12.7. The molecule has 1 radical (unpaired) electrons. The van der Waals surface area contributed by atoms with Gasteiger partial charge < -0.3 is 0 Å². The quantitative estimate of drug-likeness (QED) is 0.0989. The van der Waals surface area contributed by atoms with Crippen molar-refractivity contribution in [2.75, 3.05) is 0 Å². The van der Waals surface area contributed by atoms with E-state index in [-0.39, 0.29) is 25.5 Å². The first-order chi connectivity index (χ1) is 24.0. The number of unbranched alkanes of at least 4 members (excludes halogenated alkanes) is 3. The molecule has 1 aromatic heterocycles. The molecule has 0 saturated carbocycles. The van der Waals surface area contributed by atoms with Crippen LogP contribution in [-0.4, -0.2) is 4.98 Å². The Balaban J connectivity index is 0.00000392. The molecule has 1 aliphatic rings. The van der Waals surface area contributed by atoms with Crippen LogP contribution in [0.25, 0.3) is 55.5 Å². The topological polar surface area (TPSA) is 12.9 Å². The molecule has 0 amide bonds. The fraction of sp³-hybridized carbons (Fsp3) is 0.188. The largest absolute Gasteiger partial charge is 0.296 e. The van der Waals surface area contributed by atoms with Gasteiger partial charge in [0.1, 0.15) is 0 Å². The Bertz CT molecular complexity index is 2250. The summed E-state index contributed by atoms with van der Waals surface area (Å²) in [7, 11) is 0. The van der Waals surface area contributed by atoms with Crippen LogP contribution in [0.3, 0.4) is 0 Å². The molecule has 0 atom stereocenters. The van der Waals surface area contributed by atoms with Crippen LogP contribution in [0.1, 0.15) is 61.8 Å². The monoisotopic (exact) mass is 825 g/mol. The first-order valence-corrected chi connectivity index (χ1v) is 17.8. The third-order valence-corrected chi connectivity index (χ3v) is 10.5. The van der Waals surface area contributed by atoms with E-state index in [0.717, 1.165) is 23.2 Å². The summed E-state index contributed by atoms with van der Waals surface area (Å²) in [6.45, 7) is 4.66. The molecule has 249 valence electrons. The summed E-state index contributed by atoms with van der Waals surface area (Å²) in [6.07, 6.45) is 7.34. The molecule has 6 aromatic carbocycles. The van der Waals surface area contributed by atoms with Crippen molar-refractivity contribution < 1.29 is 20.1 Å². The van der Waals surface area contributed by atoms with Crippen LogP contribution in [-0.2, 0) is 38.4 Å². The zero-order valence-electron chi connectivity index (χ0n) is 28.9. The van der Waals surface area contributed by atoms with E-state index in [9.17, 15) is 0 Å². The van der Waals surface area contributed by atoms with E-state index in [1.165, 1.54) is 93.1 Å². The van der Waals surface area contributed by atoms with Gasteiger partial charge in [-0.05, 0) is 87.9 Å². The van der Waals surface area contributed by atoms with Crippen LogP contribution in [0, 0.1) is 6.07 Å². The number of fused-ring (bicyclic) bond motifs is 4. The van der Waals surface area contributed by atoms with Crippen molar-refractivity contribution in [2.45, 2.75) is 57.8 Å². The minimum atomic E-state index is -0.0688. The summed E-state index contributed by atoms with van der Waals surface area (Å²) in [4.78, 5) is 5.26. The van der Waals surface area contributed by atoms with Crippen LogP contribution in [0.2, 0.25) is 0 Å². The van der Waals surface area contributed by atoms with Gasteiger partial charge in [-0.1, -0.05) is 159 Å². The van der Waals surface area contributed by atoms with Gasteiger partial charge in [-0.25, -0.2) is 0 Å². The van der Waals surface area contributed by atoms with Gasteiger partial charge in [0.05, 0.1) is 5.52 Å². The molecule has 1 nitrogen and oxygen atoms in total. The first-order valence-electron chi connectivity index (χ1n) is 17.8. The molecule has 0 aliphatic heterocycles. The van der Waals surface area contributed by atoms with Crippen molar-refractivity contribution in [1.29, 1.82) is 0 Å². The van der Waals surface area contributed by atoms with Crippen molar-refractivity contribution in [3.63, 3.8) is 0 Å². The molecule has 0 unspecified atom stereocenters. The zero-order valence-corrected chi connectivity index (χ0v) is 31.3. The molecule has 2 heteroatoms. The van der Waals surface area contributed by atoms with E-state index < -0.39 is 0 Å². The Kier molecular flexibility index (Phi) is 9.95.